The maximum atomic E-state index is 2.44. The van der Waals surface area contributed by atoms with E-state index in [9.17, 15) is 0 Å². The van der Waals surface area contributed by atoms with Crippen LogP contribution in [0, 0.1) is 0 Å². The van der Waals surface area contributed by atoms with Crippen LogP contribution in [-0.4, -0.2) is 8.07 Å². The molecule has 9 heavy (non-hydrogen) atoms. The largest absolute Gasteiger partial charge is 0.0776 e. The zero-order valence-electron chi connectivity index (χ0n) is 6.91. The van der Waals surface area contributed by atoms with Crippen molar-refractivity contribution in [1.82, 2.24) is 0 Å². The molecule has 0 radical (unpaired) electrons. The second kappa shape index (κ2) is 1.98. The lowest BCUT2D eigenvalue weighted by molar-refractivity contribution is 1.15. The van der Waals surface area contributed by atoms with Gasteiger partial charge in [-0.15, -0.1) is 0 Å². The molecule has 0 aromatic heterocycles. The van der Waals surface area contributed by atoms with E-state index in [0.29, 0.717) is 0 Å². The van der Waals surface area contributed by atoms with Gasteiger partial charge in [-0.2, -0.15) is 0 Å². The van der Waals surface area contributed by atoms with Crippen molar-refractivity contribution in [2.24, 2.45) is 0 Å². The summed E-state index contributed by atoms with van der Waals surface area (Å²) in [5, 5.41) is 1.84. The SMILES string of the molecule is CCC1=C([Si](C)(C)C)C1. The van der Waals surface area contributed by atoms with E-state index in [1.807, 2.05) is 5.20 Å². The van der Waals surface area contributed by atoms with Crippen LogP contribution in [0.2, 0.25) is 19.6 Å². The average molecular weight is 140 g/mol. The quantitative estimate of drug-likeness (QED) is 0.517. The zero-order chi connectivity index (χ0) is 7.07. The molecule has 0 atom stereocenters. The first-order chi connectivity index (χ1) is 4.05. The van der Waals surface area contributed by atoms with Gasteiger partial charge in [0.15, 0.2) is 0 Å². The van der Waals surface area contributed by atoms with Gasteiger partial charge in [-0.3, -0.25) is 0 Å². The summed E-state index contributed by atoms with van der Waals surface area (Å²) in [6.07, 6.45) is 2.69. The standard InChI is InChI=1S/C8H16Si/c1-5-7-6-8(7)9(2,3)4/h5-6H2,1-4H3. The highest BCUT2D eigenvalue weighted by molar-refractivity contribution is 6.84. The second-order valence-corrected chi connectivity index (χ2v) is 8.97. The van der Waals surface area contributed by atoms with Gasteiger partial charge in [0.1, 0.15) is 0 Å². The van der Waals surface area contributed by atoms with Crippen LogP contribution in [0.1, 0.15) is 19.8 Å². The first-order valence-electron chi connectivity index (χ1n) is 3.77. The third kappa shape index (κ3) is 1.45. The van der Waals surface area contributed by atoms with Gasteiger partial charge < -0.3 is 0 Å². The predicted octanol–water partition coefficient (Wildman–Crippen LogP) is 2.97. The molecular formula is C8H16Si. The second-order valence-electron chi connectivity index (χ2n) is 3.86. The Kier molecular flexibility index (Phi) is 1.55. The lowest BCUT2D eigenvalue weighted by Crippen LogP contribution is -2.18. The molecule has 0 amide bonds. The number of allylic oxidation sites excluding steroid dienone is 2. The Labute approximate surface area is 59.0 Å². The van der Waals surface area contributed by atoms with Gasteiger partial charge in [0.25, 0.3) is 0 Å². The molecule has 0 nitrogen and oxygen atoms in total. The van der Waals surface area contributed by atoms with E-state index in [4.69, 9.17) is 0 Å². The fraction of sp³-hybridized carbons (Fsp3) is 0.750. The van der Waals surface area contributed by atoms with Crippen LogP contribution in [0.25, 0.3) is 0 Å². The van der Waals surface area contributed by atoms with Crippen molar-refractivity contribution in [3.63, 3.8) is 0 Å². The molecule has 0 saturated carbocycles. The Balaban J connectivity index is 2.58. The molecule has 0 aliphatic heterocycles. The summed E-state index contributed by atoms with van der Waals surface area (Å²) < 4.78 is 0. The van der Waals surface area contributed by atoms with Gasteiger partial charge in [0.05, 0.1) is 8.07 Å². The van der Waals surface area contributed by atoms with E-state index in [-0.39, 0.29) is 0 Å². The van der Waals surface area contributed by atoms with Gasteiger partial charge in [0, 0.05) is 0 Å². The van der Waals surface area contributed by atoms with Crippen LogP contribution in [0.3, 0.4) is 0 Å². The maximum absolute atomic E-state index is 2.44. The lowest BCUT2D eigenvalue weighted by Gasteiger charge is -2.09. The van der Waals surface area contributed by atoms with Gasteiger partial charge in [-0.1, -0.05) is 37.3 Å². The Hall–Kier alpha value is -0.0431. The van der Waals surface area contributed by atoms with E-state index < -0.39 is 8.07 Å². The molecule has 0 aromatic rings. The monoisotopic (exact) mass is 140 g/mol. The third-order valence-corrected chi connectivity index (χ3v) is 4.37. The number of hydrogen-bond acceptors (Lipinski definition) is 0. The van der Waals surface area contributed by atoms with Crippen LogP contribution in [0.15, 0.2) is 10.8 Å². The predicted molar refractivity (Wildman–Crippen MR) is 45.3 cm³/mol. The van der Waals surface area contributed by atoms with Gasteiger partial charge in [-0.25, -0.2) is 0 Å². The minimum absolute atomic E-state index is 0.828. The van der Waals surface area contributed by atoms with Crippen LogP contribution < -0.4 is 0 Å². The summed E-state index contributed by atoms with van der Waals surface area (Å²) in [5.74, 6) is 0. The van der Waals surface area contributed by atoms with Crippen molar-refractivity contribution in [3.05, 3.63) is 10.8 Å². The highest BCUT2D eigenvalue weighted by atomic mass is 28.3. The first-order valence-corrected chi connectivity index (χ1v) is 7.27. The molecule has 0 aromatic carbocycles. The summed E-state index contributed by atoms with van der Waals surface area (Å²) in [7, 11) is -0.828. The van der Waals surface area contributed by atoms with Crippen LogP contribution in [-0.2, 0) is 0 Å². The van der Waals surface area contributed by atoms with E-state index in [1.54, 1.807) is 5.57 Å². The van der Waals surface area contributed by atoms with Crippen molar-refractivity contribution in [2.45, 2.75) is 39.4 Å². The summed E-state index contributed by atoms with van der Waals surface area (Å²) >= 11 is 0. The van der Waals surface area contributed by atoms with Crippen LogP contribution >= 0.6 is 0 Å². The highest BCUT2D eigenvalue weighted by Gasteiger charge is 2.31. The molecule has 0 unspecified atom stereocenters. The molecular weight excluding hydrogens is 124 g/mol. The third-order valence-electron chi connectivity index (χ3n) is 2.02. The molecule has 0 N–H and O–H groups in total. The molecule has 0 spiro atoms. The minimum atomic E-state index is -0.828. The van der Waals surface area contributed by atoms with Gasteiger partial charge in [0.2, 0.25) is 0 Å². The first kappa shape index (κ1) is 7.07. The van der Waals surface area contributed by atoms with Crippen molar-refractivity contribution >= 4 is 8.07 Å². The fourth-order valence-corrected chi connectivity index (χ4v) is 3.28. The summed E-state index contributed by atoms with van der Waals surface area (Å²) in [6.45, 7) is 9.57. The number of hydrogen-bond donors (Lipinski definition) is 0. The summed E-state index contributed by atoms with van der Waals surface area (Å²) in [6, 6.07) is 0. The molecule has 1 aliphatic rings. The average Bonchev–Trinajstić information content (AvgIpc) is 2.39. The Morgan fingerprint density at radius 3 is 2.00 bits per heavy atom. The number of rotatable bonds is 2. The summed E-state index contributed by atoms with van der Waals surface area (Å²) in [5.41, 5.74) is 1.76. The molecule has 0 fully saturated rings. The molecule has 0 bridgehead atoms. The maximum Gasteiger partial charge on any atom is 0.0728 e. The molecule has 0 saturated heterocycles. The van der Waals surface area contributed by atoms with E-state index in [0.717, 1.165) is 0 Å². The van der Waals surface area contributed by atoms with Crippen molar-refractivity contribution in [3.8, 4) is 0 Å². The van der Waals surface area contributed by atoms with Gasteiger partial charge in [-0.05, 0) is 12.8 Å². The molecule has 52 valence electrons. The Morgan fingerprint density at radius 1 is 1.33 bits per heavy atom. The smallest absolute Gasteiger partial charge is 0.0728 e. The molecule has 1 rings (SSSR count). The van der Waals surface area contributed by atoms with E-state index in [2.05, 4.69) is 26.6 Å². The lowest BCUT2D eigenvalue weighted by atomic mass is 10.4. The normalized spacial score (nSPS) is 18.7. The highest BCUT2D eigenvalue weighted by Crippen LogP contribution is 2.40. The zero-order valence-corrected chi connectivity index (χ0v) is 7.91. The molecule has 1 aliphatic carbocycles. The molecule has 1 heteroatoms. The van der Waals surface area contributed by atoms with E-state index >= 15 is 0 Å². The Morgan fingerprint density at radius 2 is 1.89 bits per heavy atom. The van der Waals surface area contributed by atoms with Gasteiger partial charge >= 0.3 is 0 Å². The van der Waals surface area contributed by atoms with Crippen LogP contribution in [0.4, 0.5) is 0 Å². The fourth-order valence-electron chi connectivity index (χ4n) is 1.30. The van der Waals surface area contributed by atoms with Crippen molar-refractivity contribution in [2.75, 3.05) is 0 Å². The van der Waals surface area contributed by atoms with Crippen LogP contribution in [0.5, 0.6) is 0 Å². The Bertz CT molecular complexity index is 148. The topological polar surface area (TPSA) is 0 Å². The minimum Gasteiger partial charge on any atom is -0.0776 e. The van der Waals surface area contributed by atoms with E-state index in [1.165, 1.54) is 12.8 Å². The van der Waals surface area contributed by atoms with Crippen molar-refractivity contribution in [1.29, 1.82) is 0 Å². The summed E-state index contributed by atoms with van der Waals surface area (Å²) in [4.78, 5) is 0. The molecule has 0 heterocycles. The van der Waals surface area contributed by atoms with Crippen molar-refractivity contribution < 1.29 is 0 Å².